The predicted molar refractivity (Wildman–Crippen MR) is 85.1 cm³/mol. The van der Waals surface area contributed by atoms with Crippen molar-refractivity contribution in [1.29, 1.82) is 5.26 Å². The Kier molecular flexibility index (Phi) is 4.56. The van der Waals surface area contributed by atoms with Crippen LogP contribution in [0.1, 0.15) is 60.4 Å². The van der Waals surface area contributed by atoms with Crippen LogP contribution in [0.3, 0.4) is 0 Å². The lowest BCUT2D eigenvalue weighted by Gasteiger charge is -2.38. The number of hydrogen-bond donors (Lipinski definition) is 0. The van der Waals surface area contributed by atoms with Crippen LogP contribution >= 0.6 is 0 Å². The number of aryl methyl sites for hydroxylation is 1. The Balaban J connectivity index is 1.82. The van der Waals surface area contributed by atoms with Gasteiger partial charge in [-0.3, -0.25) is 4.79 Å². The van der Waals surface area contributed by atoms with E-state index in [9.17, 15) is 4.79 Å². The largest absolute Gasteiger partial charge is 0.425 e. The summed E-state index contributed by atoms with van der Waals surface area (Å²) in [5.74, 6) is 1.16. The van der Waals surface area contributed by atoms with Gasteiger partial charge in [-0.1, -0.05) is 6.92 Å². The molecule has 7 nitrogen and oxygen atoms in total. The highest BCUT2D eigenvalue weighted by atomic mass is 16.4. The van der Waals surface area contributed by atoms with Gasteiger partial charge in [-0.25, -0.2) is 4.98 Å². The van der Waals surface area contributed by atoms with E-state index >= 15 is 0 Å². The number of aromatic nitrogens is 3. The molecule has 124 valence electrons. The summed E-state index contributed by atoms with van der Waals surface area (Å²) in [6.45, 7) is 4.65. The normalized spacial score (nSPS) is 20.6. The first kappa shape index (κ1) is 16.1. The Bertz CT molecular complexity index is 779. The fraction of sp³-hybridized carbons (Fsp3) is 0.471. The summed E-state index contributed by atoms with van der Waals surface area (Å²) in [5, 5.41) is 17.1. The molecule has 2 atom stereocenters. The molecule has 1 aliphatic rings. The van der Waals surface area contributed by atoms with Gasteiger partial charge in [0.15, 0.2) is 0 Å². The second-order valence-electron chi connectivity index (χ2n) is 5.92. The van der Waals surface area contributed by atoms with E-state index in [2.05, 4.69) is 15.2 Å². The molecule has 2 aromatic heterocycles. The number of rotatable bonds is 3. The SMILES string of the molecule is CCc1nnc([C@H]2CCCN(C(=O)c3ccnc(C#N)c3)[C@H]2C)o1. The first-order valence-corrected chi connectivity index (χ1v) is 8.13. The molecular formula is C17H19N5O2. The van der Waals surface area contributed by atoms with Gasteiger partial charge in [-0.15, -0.1) is 10.2 Å². The molecule has 0 radical (unpaired) electrons. The van der Waals surface area contributed by atoms with Crippen molar-refractivity contribution in [2.24, 2.45) is 0 Å². The third-order valence-electron chi connectivity index (χ3n) is 4.47. The number of carbonyl (C=O) groups is 1. The topological polar surface area (TPSA) is 95.9 Å². The maximum absolute atomic E-state index is 12.8. The molecule has 0 spiro atoms. The fourth-order valence-corrected chi connectivity index (χ4v) is 3.11. The highest BCUT2D eigenvalue weighted by Crippen LogP contribution is 2.32. The van der Waals surface area contributed by atoms with Gasteiger partial charge >= 0.3 is 0 Å². The molecule has 3 rings (SSSR count). The maximum atomic E-state index is 12.8. The number of carbonyl (C=O) groups excluding carboxylic acids is 1. The van der Waals surface area contributed by atoms with E-state index in [1.54, 1.807) is 6.07 Å². The van der Waals surface area contributed by atoms with Gasteiger partial charge in [0.2, 0.25) is 11.8 Å². The average Bonchev–Trinajstić information content (AvgIpc) is 3.10. The molecule has 3 heterocycles. The maximum Gasteiger partial charge on any atom is 0.254 e. The third-order valence-corrected chi connectivity index (χ3v) is 4.47. The van der Waals surface area contributed by atoms with Gasteiger partial charge in [0.25, 0.3) is 5.91 Å². The smallest absolute Gasteiger partial charge is 0.254 e. The van der Waals surface area contributed by atoms with Crippen LogP contribution in [0.2, 0.25) is 0 Å². The summed E-state index contributed by atoms with van der Waals surface area (Å²) < 4.78 is 5.70. The van der Waals surface area contributed by atoms with E-state index in [-0.39, 0.29) is 23.6 Å². The van der Waals surface area contributed by atoms with Gasteiger partial charge in [0.05, 0.1) is 5.92 Å². The van der Waals surface area contributed by atoms with Gasteiger partial charge in [-0.05, 0) is 31.9 Å². The Morgan fingerprint density at radius 3 is 3.04 bits per heavy atom. The Morgan fingerprint density at radius 1 is 1.50 bits per heavy atom. The zero-order valence-corrected chi connectivity index (χ0v) is 13.8. The molecule has 0 N–H and O–H groups in total. The molecule has 0 saturated carbocycles. The summed E-state index contributed by atoms with van der Waals surface area (Å²) in [4.78, 5) is 18.6. The number of hydrogen-bond acceptors (Lipinski definition) is 6. The molecule has 0 unspecified atom stereocenters. The summed E-state index contributed by atoms with van der Waals surface area (Å²) >= 11 is 0. The van der Waals surface area contributed by atoms with Crippen LogP contribution in [0.4, 0.5) is 0 Å². The minimum Gasteiger partial charge on any atom is -0.425 e. The first-order chi connectivity index (χ1) is 11.6. The zero-order valence-electron chi connectivity index (χ0n) is 13.8. The Hall–Kier alpha value is -2.75. The van der Waals surface area contributed by atoms with Crippen molar-refractivity contribution in [2.75, 3.05) is 6.54 Å². The zero-order chi connectivity index (χ0) is 17.1. The minimum atomic E-state index is -0.0960. The van der Waals surface area contributed by atoms with Gasteiger partial charge in [0.1, 0.15) is 11.8 Å². The molecule has 7 heteroatoms. The second kappa shape index (κ2) is 6.79. The Labute approximate surface area is 140 Å². The van der Waals surface area contributed by atoms with Crippen molar-refractivity contribution in [1.82, 2.24) is 20.1 Å². The molecule has 2 aromatic rings. The molecule has 0 aromatic carbocycles. The highest BCUT2D eigenvalue weighted by Gasteiger charge is 2.35. The summed E-state index contributed by atoms with van der Waals surface area (Å²) in [6.07, 6.45) is 3.98. The van der Waals surface area contributed by atoms with Crippen LogP contribution < -0.4 is 0 Å². The molecule has 0 bridgehead atoms. The number of likely N-dealkylation sites (tertiary alicyclic amines) is 1. The number of piperidine rings is 1. The lowest BCUT2D eigenvalue weighted by Crippen LogP contribution is -2.46. The molecule has 1 amide bonds. The van der Waals surface area contributed by atoms with Crippen molar-refractivity contribution in [2.45, 2.75) is 45.1 Å². The fourth-order valence-electron chi connectivity index (χ4n) is 3.11. The lowest BCUT2D eigenvalue weighted by molar-refractivity contribution is 0.0582. The van der Waals surface area contributed by atoms with Gasteiger partial charge < -0.3 is 9.32 Å². The van der Waals surface area contributed by atoms with E-state index in [0.717, 1.165) is 12.8 Å². The molecule has 0 aliphatic carbocycles. The number of amides is 1. The van der Waals surface area contributed by atoms with Gasteiger partial charge in [0, 0.05) is 30.8 Å². The average molecular weight is 325 g/mol. The van der Waals surface area contributed by atoms with E-state index in [4.69, 9.17) is 9.68 Å². The standard InChI is InChI=1S/C17H19N5O2/c1-3-15-20-21-16(24-15)14-5-4-8-22(11(14)2)17(23)12-6-7-19-13(9-12)10-18/h6-7,9,11,14H,3-5,8H2,1-2H3/t11-,14-/m0/s1. The molecule has 1 saturated heterocycles. The van der Waals surface area contributed by atoms with Crippen LogP contribution in [-0.2, 0) is 6.42 Å². The molecule has 1 fully saturated rings. The van der Waals surface area contributed by atoms with E-state index in [0.29, 0.717) is 30.3 Å². The molecule has 1 aliphatic heterocycles. The lowest BCUT2D eigenvalue weighted by atomic mass is 9.89. The van der Waals surface area contributed by atoms with Crippen LogP contribution in [0.25, 0.3) is 0 Å². The van der Waals surface area contributed by atoms with Crippen molar-refractivity contribution in [3.05, 3.63) is 41.4 Å². The number of nitriles is 1. The van der Waals surface area contributed by atoms with E-state index in [1.807, 2.05) is 24.8 Å². The third kappa shape index (κ3) is 3.00. The van der Waals surface area contributed by atoms with Crippen molar-refractivity contribution < 1.29 is 9.21 Å². The second-order valence-corrected chi connectivity index (χ2v) is 5.92. The van der Waals surface area contributed by atoms with Gasteiger partial charge in [-0.2, -0.15) is 5.26 Å². The van der Waals surface area contributed by atoms with E-state index < -0.39 is 0 Å². The van der Waals surface area contributed by atoms with Crippen LogP contribution in [0.5, 0.6) is 0 Å². The van der Waals surface area contributed by atoms with Crippen LogP contribution in [0.15, 0.2) is 22.7 Å². The van der Waals surface area contributed by atoms with Crippen molar-refractivity contribution in [3.8, 4) is 6.07 Å². The van der Waals surface area contributed by atoms with Crippen LogP contribution in [-0.4, -0.2) is 38.6 Å². The monoisotopic (exact) mass is 325 g/mol. The quantitative estimate of drug-likeness (QED) is 0.859. The van der Waals surface area contributed by atoms with Crippen molar-refractivity contribution in [3.63, 3.8) is 0 Å². The highest BCUT2D eigenvalue weighted by molar-refractivity contribution is 5.94. The summed E-state index contributed by atoms with van der Waals surface area (Å²) in [6, 6.07) is 5.09. The minimum absolute atomic E-state index is 0.0350. The van der Waals surface area contributed by atoms with Crippen molar-refractivity contribution >= 4 is 5.91 Å². The summed E-state index contributed by atoms with van der Waals surface area (Å²) in [5.41, 5.74) is 0.723. The first-order valence-electron chi connectivity index (χ1n) is 8.13. The predicted octanol–water partition coefficient (Wildman–Crippen LogP) is 2.31. The number of pyridine rings is 1. The number of nitrogens with zero attached hydrogens (tertiary/aromatic N) is 5. The van der Waals surface area contributed by atoms with E-state index in [1.165, 1.54) is 12.3 Å². The molecular weight excluding hydrogens is 306 g/mol. The Morgan fingerprint density at radius 2 is 2.33 bits per heavy atom. The molecule has 24 heavy (non-hydrogen) atoms. The van der Waals surface area contributed by atoms with Crippen LogP contribution in [0, 0.1) is 11.3 Å². The summed E-state index contributed by atoms with van der Waals surface area (Å²) in [7, 11) is 0.